The zero-order chi connectivity index (χ0) is 21.5. The number of rotatable bonds is 8. The van der Waals surface area contributed by atoms with E-state index in [0.717, 1.165) is 5.69 Å². The van der Waals surface area contributed by atoms with Gasteiger partial charge < -0.3 is 10.6 Å². The molecule has 0 spiro atoms. The average Bonchev–Trinajstić information content (AvgIpc) is 3.18. The second kappa shape index (κ2) is 9.57. The highest BCUT2D eigenvalue weighted by atomic mass is 32.1. The van der Waals surface area contributed by atoms with Gasteiger partial charge in [-0.2, -0.15) is 0 Å². The van der Waals surface area contributed by atoms with E-state index in [1.807, 2.05) is 17.5 Å². The Labute approximate surface area is 176 Å². The van der Waals surface area contributed by atoms with Crippen molar-refractivity contribution in [2.45, 2.75) is 13.5 Å². The van der Waals surface area contributed by atoms with Crippen LogP contribution in [-0.4, -0.2) is 21.6 Å². The number of aromatic nitrogens is 1. The number of amides is 1. The maximum Gasteiger partial charge on any atom is 0.269 e. The normalized spacial score (nSPS) is 10.7. The van der Waals surface area contributed by atoms with Crippen molar-refractivity contribution in [3.63, 3.8) is 0 Å². The third-order valence-electron chi connectivity index (χ3n) is 4.07. The molecule has 30 heavy (non-hydrogen) atoms. The van der Waals surface area contributed by atoms with E-state index in [0.29, 0.717) is 22.0 Å². The van der Waals surface area contributed by atoms with Gasteiger partial charge in [0.15, 0.2) is 10.9 Å². The molecule has 1 amide bonds. The van der Waals surface area contributed by atoms with Crippen LogP contribution >= 0.6 is 11.3 Å². The summed E-state index contributed by atoms with van der Waals surface area (Å²) < 4.78 is 0. The lowest BCUT2D eigenvalue weighted by Gasteiger charge is -2.03. The zero-order valence-electron chi connectivity index (χ0n) is 16.0. The molecule has 0 saturated heterocycles. The van der Waals surface area contributed by atoms with Gasteiger partial charge in [0.05, 0.1) is 17.2 Å². The van der Waals surface area contributed by atoms with Crippen molar-refractivity contribution in [1.82, 2.24) is 10.3 Å². The highest BCUT2D eigenvalue weighted by Crippen LogP contribution is 2.21. The zero-order valence-corrected chi connectivity index (χ0v) is 16.8. The molecule has 2 N–H and O–H groups in total. The maximum absolute atomic E-state index is 12.0. The summed E-state index contributed by atoms with van der Waals surface area (Å²) in [5.74, 6) is -0.285. The maximum atomic E-state index is 12.0. The second-order valence-electron chi connectivity index (χ2n) is 6.30. The van der Waals surface area contributed by atoms with Crippen LogP contribution in [0.5, 0.6) is 0 Å². The molecule has 0 atom stereocenters. The number of carbonyl (C=O) groups excluding carboxylic acids is 2. The summed E-state index contributed by atoms with van der Waals surface area (Å²) in [6.45, 7) is 1.79. The number of hydrogen-bond donors (Lipinski definition) is 2. The first kappa shape index (κ1) is 20.9. The molecule has 152 valence electrons. The van der Waals surface area contributed by atoms with Crippen molar-refractivity contribution < 1.29 is 14.5 Å². The molecule has 0 aliphatic rings. The number of thiazole rings is 1. The molecule has 0 aliphatic carbocycles. The molecule has 0 unspecified atom stereocenters. The van der Waals surface area contributed by atoms with Gasteiger partial charge in [0.1, 0.15) is 0 Å². The van der Waals surface area contributed by atoms with Gasteiger partial charge in [0, 0.05) is 34.8 Å². The van der Waals surface area contributed by atoms with Crippen molar-refractivity contribution in [3.05, 3.63) is 86.9 Å². The fourth-order valence-corrected chi connectivity index (χ4v) is 3.20. The number of nitro benzene ring substituents is 1. The minimum atomic E-state index is -0.474. The van der Waals surface area contributed by atoms with Gasteiger partial charge in [-0.05, 0) is 55.0 Å². The molecule has 9 heteroatoms. The summed E-state index contributed by atoms with van der Waals surface area (Å²) in [5.41, 5.74) is 2.85. The molecule has 3 aromatic rings. The molecule has 1 heterocycles. The Balaban J connectivity index is 1.50. The van der Waals surface area contributed by atoms with Crippen molar-refractivity contribution in [2.24, 2.45) is 0 Å². The van der Waals surface area contributed by atoms with Crippen LogP contribution in [0.15, 0.2) is 60.0 Å². The van der Waals surface area contributed by atoms with Gasteiger partial charge >= 0.3 is 0 Å². The predicted molar refractivity (Wildman–Crippen MR) is 116 cm³/mol. The Kier molecular flexibility index (Phi) is 6.66. The molecule has 0 aliphatic heterocycles. The monoisotopic (exact) mass is 422 g/mol. The van der Waals surface area contributed by atoms with Crippen molar-refractivity contribution >= 4 is 45.6 Å². The summed E-state index contributed by atoms with van der Waals surface area (Å²) in [5, 5.41) is 19.1. The summed E-state index contributed by atoms with van der Waals surface area (Å²) in [6.07, 6.45) is 2.95. The van der Waals surface area contributed by atoms with Crippen LogP contribution in [0.25, 0.3) is 6.08 Å². The minimum absolute atomic E-state index is 0.000608. The van der Waals surface area contributed by atoms with Crippen LogP contribution in [0.1, 0.15) is 28.5 Å². The summed E-state index contributed by atoms with van der Waals surface area (Å²) in [4.78, 5) is 37.9. The Hall–Kier alpha value is -3.85. The number of hydrogen-bond acceptors (Lipinski definition) is 7. The topological polar surface area (TPSA) is 114 Å². The molecule has 2 aromatic carbocycles. The first-order valence-corrected chi connectivity index (χ1v) is 9.81. The number of carbonyl (C=O) groups is 2. The van der Waals surface area contributed by atoms with Gasteiger partial charge in [0.2, 0.25) is 5.91 Å². The van der Waals surface area contributed by atoms with Crippen LogP contribution in [0, 0.1) is 10.1 Å². The first-order chi connectivity index (χ1) is 14.4. The lowest BCUT2D eigenvalue weighted by molar-refractivity contribution is -0.384. The van der Waals surface area contributed by atoms with Crippen LogP contribution in [0.2, 0.25) is 0 Å². The number of non-ortho nitro benzene ring substituents is 1. The lowest BCUT2D eigenvalue weighted by atomic mass is 10.1. The third-order valence-corrected chi connectivity index (χ3v) is 4.88. The van der Waals surface area contributed by atoms with E-state index in [1.165, 1.54) is 36.5 Å². The van der Waals surface area contributed by atoms with Gasteiger partial charge in [-0.25, -0.2) is 4.98 Å². The van der Waals surface area contributed by atoms with E-state index in [2.05, 4.69) is 15.6 Å². The van der Waals surface area contributed by atoms with E-state index in [9.17, 15) is 19.7 Å². The number of anilines is 2. The predicted octanol–water partition coefficient (Wildman–Crippen LogP) is 4.33. The molecule has 0 bridgehead atoms. The number of nitrogens with one attached hydrogen (secondary N) is 2. The number of benzene rings is 2. The lowest BCUT2D eigenvalue weighted by Crippen LogP contribution is -2.20. The molecule has 1 aromatic heterocycles. The van der Waals surface area contributed by atoms with Crippen molar-refractivity contribution in [3.8, 4) is 0 Å². The second-order valence-corrected chi connectivity index (χ2v) is 7.16. The Bertz CT molecular complexity index is 1090. The smallest absolute Gasteiger partial charge is 0.269 e. The highest BCUT2D eigenvalue weighted by Gasteiger charge is 2.06. The van der Waals surface area contributed by atoms with Crippen molar-refractivity contribution in [2.75, 3.05) is 5.32 Å². The van der Waals surface area contributed by atoms with Crippen LogP contribution in [0.4, 0.5) is 16.5 Å². The standard InChI is InChI=1S/C21H18N4O4S/c1-14(26)16-5-7-17(8-6-16)23-21-24-18(13-30-21)12-22-20(27)11-4-15-2-9-19(10-3-15)25(28)29/h2-11,13H,12H2,1H3,(H,22,27)(H,23,24)/b11-4+. The van der Waals surface area contributed by atoms with Crippen LogP contribution in [0.3, 0.4) is 0 Å². The van der Waals surface area contributed by atoms with Crippen LogP contribution in [-0.2, 0) is 11.3 Å². The van der Waals surface area contributed by atoms with Gasteiger partial charge in [-0.3, -0.25) is 19.7 Å². The van der Waals surface area contributed by atoms with E-state index in [-0.39, 0.29) is 23.9 Å². The molecular formula is C21H18N4O4S. The number of nitrogens with zero attached hydrogens (tertiary/aromatic N) is 2. The van der Waals surface area contributed by atoms with Crippen LogP contribution < -0.4 is 10.6 Å². The molecule has 0 radical (unpaired) electrons. The molecule has 0 saturated carbocycles. The van der Waals surface area contributed by atoms with Gasteiger partial charge in [0.25, 0.3) is 5.69 Å². The number of nitro groups is 1. The Morgan fingerprint density at radius 3 is 2.47 bits per heavy atom. The van der Waals surface area contributed by atoms with E-state index in [4.69, 9.17) is 0 Å². The Morgan fingerprint density at radius 2 is 1.83 bits per heavy atom. The summed E-state index contributed by atoms with van der Waals surface area (Å²) in [7, 11) is 0. The van der Waals surface area contributed by atoms with E-state index in [1.54, 1.807) is 30.3 Å². The fourth-order valence-electron chi connectivity index (χ4n) is 2.47. The highest BCUT2D eigenvalue weighted by molar-refractivity contribution is 7.13. The van der Waals surface area contributed by atoms with Gasteiger partial charge in [-0.1, -0.05) is 0 Å². The fraction of sp³-hybridized carbons (Fsp3) is 0.0952. The molecule has 8 nitrogen and oxygen atoms in total. The largest absolute Gasteiger partial charge is 0.347 e. The first-order valence-electron chi connectivity index (χ1n) is 8.93. The number of Topliss-reactive ketones (excluding diaryl/α,β-unsaturated/α-hetero) is 1. The number of ketones is 1. The third kappa shape index (κ3) is 5.82. The minimum Gasteiger partial charge on any atom is -0.347 e. The molecule has 3 rings (SSSR count). The van der Waals surface area contributed by atoms with Crippen molar-refractivity contribution in [1.29, 1.82) is 0 Å². The summed E-state index contributed by atoms with van der Waals surface area (Å²) in [6, 6.07) is 13.0. The quantitative estimate of drug-likeness (QED) is 0.242. The molecule has 0 fully saturated rings. The van der Waals surface area contributed by atoms with Gasteiger partial charge in [-0.15, -0.1) is 11.3 Å². The van der Waals surface area contributed by atoms with E-state index < -0.39 is 4.92 Å². The molecular weight excluding hydrogens is 404 g/mol. The Morgan fingerprint density at radius 1 is 1.13 bits per heavy atom. The van der Waals surface area contributed by atoms with E-state index >= 15 is 0 Å². The average molecular weight is 422 g/mol. The SMILES string of the molecule is CC(=O)c1ccc(Nc2nc(CNC(=O)/C=C/c3ccc([N+](=O)[O-])cc3)cs2)cc1. The summed E-state index contributed by atoms with van der Waals surface area (Å²) >= 11 is 1.41.